The molecule has 1 fully saturated rings. The van der Waals surface area contributed by atoms with Crippen LogP contribution in [0.1, 0.15) is 38.4 Å². The SMILES string of the molecule is Cc1nn(C)c(N2CCC(C)C(C)C2)c1CC(C)N. The molecule has 1 aliphatic heterocycles. The van der Waals surface area contributed by atoms with Crippen molar-refractivity contribution < 1.29 is 0 Å². The van der Waals surface area contributed by atoms with Gasteiger partial charge in [0.25, 0.3) is 0 Å². The van der Waals surface area contributed by atoms with Crippen molar-refractivity contribution in [3.05, 3.63) is 11.3 Å². The average molecular weight is 264 g/mol. The van der Waals surface area contributed by atoms with Gasteiger partial charge in [0.05, 0.1) is 5.69 Å². The molecule has 0 bridgehead atoms. The number of aryl methyl sites for hydroxylation is 2. The van der Waals surface area contributed by atoms with Crippen LogP contribution in [0.4, 0.5) is 5.82 Å². The Morgan fingerprint density at radius 3 is 2.63 bits per heavy atom. The van der Waals surface area contributed by atoms with Gasteiger partial charge in [-0.1, -0.05) is 13.8 Å². The molecule has 1 aliphatic rings. The third kappa shape index (κ3) is 2.94. The largest absolute Gasteiger partial charge is 0.356 e. The molecule has 19 heavy (non-hydrogen) atoms. The lowest BCUT2D eigenvalue weighted by Crippen LogP contribution is -2.40. The molecule has 4 heteroatoms. The van der Waals surface area contributed by atoms with Crippen LogP contribution in [0.2, 0.25) is 0 Å². The summed E-state index contributed by atoms with van der Waals surface area (Å²) in [5.74, 6) is 2.85. The zero-order valence-corrected chi connectivity index (χ0v) is 13.0. The zero-order chi connectivity index (χ0) is 14.2. The van der Waals surface area contributed by atoms with Gasteiger partial charge in [0, 0.05) is 31.7 Å². The normalized spacial score (nSPS) is 25.7. The van der Waals surface area contributed by atoms with Gasteiger partial charge >= 0.3 is 0 Å². The van der Waals surface area contributed by atoms with E-state index < -0.39 is 0 Å². The van der Waals surface area contributed by atoms with Crippen molar-refractivity contribution in [3.63, 3.8) is 0 Å². The van der Waals surface area contributed by atoms with Gasteiger partial charge in [-0.3, -0.25) is 4.68 Å². The van der Waals surface area contributed by atoms with Gasteiger partial charge in [-0.15, -0.1) is 0 Å². The van der Waals surface area contributed by atoms with Gasteiger partial charge in [0.15, 0.2) is 0 Å². The highest BCUT2D eigenvalue weighted by molar-refractivity contribution is 5.51. The van der Waals surface area contributed by atoms with E-state index in [4.69, 9.17) is 5.73 Å². The molecule has 1 aromatic heterocycles. The third-order valence-electron chi connectivity index (χ3n) is 4.47. The molecule has 4 nitrogen and oxygen atoms in total. The summed E-state index contributed by atoms with van der Waals surface area (Å²) in [6.45, 7) is 11.1. The first kappa shape index (κ1) is 14.4. The van der Waals surface area contributed by atoms with E-state index in [1.165, 1.54) is 17.8 Å². The lowest BCUT2D eigenvalue weighted by Gasteiger charge is -2.37. The van der Waals surface area contributed by atoms with Crippen molar-refractivity contribution >= 4 is 5.82 Å². The predicted molar refractivity (Wildman–Crippen MR) is 80.5 cm³/mol. The summed E-state index contributed by atoms with van der Waals surface area (Å²) in [5, 5.41) is 4.60. The molecule has 0 amide bonds. The Balaban J connectivity index is 2.28. The number of nitrogens with zero attached hydrogens (tertiary/aromatic N) is 3. The van der Waals surface area contributed by atoms with E-state index in [1.54, 1.807) is 0 Å². The first-order valence-electron chi connectivity index (χ1n) is 7.43. The van der Waals surface area contributed by atoms with Crippen molar-refractivity contribution in [3.8, 4) is 0 Å². The van der Waals surface area contributed by atoms with Crippen LogP contribution in [0.25, 0.3) is 0 Å². The average Bonchev–Trinajstić information content (AvgIpc) is 2.57. The molecule has 0 radical (unpaired) electrons. The van der Waals surface area contributed by atoms with E-state index in [2.05, 4.69) is 44.7 Å². The van der Waals surface area contributed by atoms with Gasteiger partial charge < -0.3 is 10.6 Å². The van der Waals surface area contributed by atoms with Gasteiger partial charge in [-0.2, -0.15) is 5.10 Å². The van der Waals surface area contributed by atoms with E-state index >= 15 is 0 Å². The minimum Gasteiger partial charge on any atom is -0.356 e. The Bertz CT molecular complexity index is 436. The van der Waals surface area contributed by atoms with Gasteiger partial charge in [-0.05, 0) is 38.5 Å². The topological polar surface area (TPSA) is 47.1 Å². The Labute approximate surface area is 117 Å². The fourth-order valence-electron chi connectivity index (χ4n) is 3.10. The van der Waals surface area contributed by atoms with Crippen LogP contribution in [0, 0.1) is 18.8 Å². The fourth-order valence-corrected chi connectivity index (χ4v) is 3.10. The van der Waals surface area contributed by atoms with Crippen LogP contribution in [0.5, 0.6) is 0 Å². The summed E-state index contributed by atoms with van der Waals surface area (Å²) in [7, 11) is 2.05. The van der Waals surface area contributed by atoms with E-state index in [9.17, 15) is 0 Å². The lowest BCUT2D eigenvalue weighted by molar-refractivity contribution is 0.321. The molecule has 3 unspecified atom stereocenters. The predicted octanol–water partition coefficient (Wildman–Crippen LogP) is 2.10. The minimum absolute atomic E-state index is 0.183. The Kier molecular flexibility index (Phi) is 4.19. The molecular formula is C15H28N4. The summed E-state index contributed by atoms with van der Waals surface area (Å²) in [6, 6.07) is 0.183. The third-order valence-corrected chi connectivity index (χ3v) is 4.47. The smallest absolute Gasteiger partial charge is 0.130 e. The summed E-state index contributed by atoms with van der Waals surface area (Å²) in [6.07, 6.45) is 2.18. The molecule has 2 heterocycles. The molecule has 2 rings (SSSR count). The van der Waals surface area contributed by atoms with Crippen molar-refractivity contribution in [2.24, 2.45) is 24.6 Å². The Morgan fingerprint density at radius 1 is 1.37 bits per heavy atom. The number of hydrogen-bond donors (Lipinski definition) is 1. The molecule has 1 aromatic rings. The minimum atomic E-state index is 0.183. The number of rotatable bonds is 3. The van der Waals surface area contributed by atoms with Gasteiger partial charge in [0.2, 0.25) is 0 Å². The van der Waals surface area contributed by atoms with Crippen molar-refractivity contribution in [1.82, 2.24) is 9.78 Å². The van der Waals surface area contributed by atoms with Crippen LogP contribution >= 0.6 is 0 Å². The Morgan fingerprint density at radius 2 is 2.05 bits per heavy atom. The van der Waals surface area contributed by atoms with Crippen molar-refractivity contribution in [2.75, 3.05) is 18.0 Å². The summed E-state index contributed by atoms with van der Waals surface area (Å²) in [5.41, 5.74) is 8.45. The maximum atomic E-state index is 5.99. The van der Waals surface area contributed by atoms with E-state index in [1.807, 2.05) is 4.68 Å². The molecule has 1 saturated heterocycles. The number of piperidine rings is 1. The summed E-state index contributed by atoms with van der Waals surface area (Å²) in [4.78, 5) is 2.50. The van der Waals surface area contributed by atoms with Crippen LogP contribution in [-0.2, 0) is 13.5 Å². The highest BCUT2D eigenvalue weighted by Gasteiger charge is 2.27. The Hall–Kier alpha value is -1.03. The van der Waals surface area contributed by atoms with Crippen LogP contribution < -0.4 is 10.6 Å². The molecule has 0 saturated carbocycles. The van der Waals surface area contributed by atoms with Crippen LogP contribution in [-0.4, -0.2) is 28.9 Å². The fraction of sp³-hybridized carbons (Fsp3) is 0.800. The standard InChI is InChI=1S/C15H28N4/c1-10-6-7-19(9-11(10)2)15-14(8-12(3)16)13(4)17-18(15)5/h10-12H,6-9,16H2,1-5H3. The first-order chi connectivity index (χ1) is 8.90. The second kappa shape index (κ2) is 5.53. The summed E-state index contributed by atoms with van der Waals surface area (Å²) >= 11 is 0. The quantitative estimate of drug-likeness (QED) is 0.909. The monoisotopic (exact) mass is 264 g/mol. The highest BCUT2D eigenvalue weighted by atomic mass is 15.4. The maximum absolute atomic E-state index is 5.99. The highest BCUT2D eigenvalue weighted by Crippen LogP contribution is 2.30. The van der Waals surface area contributed by atoms with E-state index in [0.717, 1.165) is 37.0 Å². The van der Waals surface area contributed by atoms with Crippen LogP contribution in [0.15, 0.2) is 0 Å². The van der Waals surface area contributed by atoms with Crippen molar-refractivity contribution in [1.29, 1.82) is 0 Å². The summed E-state index contributed by atoms with van der Waals surface area (Å²) < 4.78 is 2.04. The number of aromatic nitrogens is 2. The lowest BCUT2D eigenvalue weighted by atomic mass is 9.88. The first-order valence-corrected chi connectivity index (χ1v) is 7.43. The second-order valence-corrected chi connectivity index (χ2v) is 6.38. The second-order valence-electron chi connectivity index (χ2n) is 6.38. The van der Waals surface area contributed by atoms with Crippen LogP contribution in [0.3, 0.4) is 0 Å². The number of hydrogen-bond acceptors (Lipinski definition) is 3. The molecule has 2 N–H and O–H groups in total. The molecule has 0 aliphatic carbocycles. The molecule has 3 atom stereocenters. The van der Waals surface area contributed by atoms with Gasteiger partial charge in [0.1, 0.15) is 5.82 Å². The van der Waals surface area contributed by atoms with E-state index in [-0.39, 0.29) is 6.04 Å². The zero-order valence-electron chi connectivity index (χ0n) is 13.0. The van der Waals surface area contributed by atoms with E-state index in [0.29, 0.717) is 0 Å². The maximum Gasteiger partial charge on any atom is 0.130 e. The number of nitrogens with two attached hydrogens (primary N) is 1. The van der Waals surface area contributed by atoms with Crippen molar-refractivity contribution in [2.45, 2.75) is 46.6 Å². The molecule has 0 aromatic carbocycles. The molecule has 108 valence electrons. The molecular weight excluding hydrogens is 236 g/mol. The number of anilines is 1. The molecule has 0 spiro atoms. The van der Waals surface area contributed by atoms with Gasteiger partial charge in [-0.25, -0.2) is 0 Å².